The van der Waals surface area contributed by atoms with Crippen LogP contribution in [0.4, 0.5) is 9.18 Å². The summed E-state index contributed by atoms with van der Waals surface area (Å²) in [6, 6.07) is 3.45. The van der Waals surface area contributed by atoms with Crippen molar-refractivity contribution < 1.29 is 14.3 Å². The maximum absolute atomic E-state index is 13.8. The van der Waals surface area contributed by atoms with Crippen LogP contribution >= 0.6 is 11.6 Å². The monoisotopic (exact) mass is 300 g/mol. The normalized spacial score (nSPS) is 20.0. The summed E-state index contributed by atoms with van der Waals surface area (Å²) < 4.78 is 13.8. The molecule has 6 heteroatoms. The highest BCUT2D eigenvalue weighted by Gasteiger charge is 2.29. The van der Waals surface area contributed by atoms with Gasteiger partial charge in [0.15, 0.2) is 0 Å². The molecule has 0 saturated carbocycles. The van der Waals surface area contributed by atoms with Crippen molar-refractivity contribution in [3.8, 4) is 0 Å². The fourth-order valence-corrected chi connectivity index (χ4v) is 2.88. The predicted molar refractivity (Wildman–Crippen MR) is 75.2 cm³/mol. The van der Waals surface area contributed by atoms with Crippen molar-refractivity contribution in [2.24, 2.45) is 0 Å². The molecule has 20 heavy (non-hydrogen) atoms. The highest BCUT2D eigenvalue weighted by atomic mass is 35.5. The van der Waals surface area contributed by atoms with E-state index in [1.807, 2.05) is 0 Å². The zero-order chi connectivity index (χ0) is 14.7. The Morgan fingerprint density at radius 3 is 3.05 bits per heavy atom. The van der Waals surface area contributed by atoms with E-state index in [4.69, 9.17) is 11.6 Å². The molecule has 1 aliphatic heterocycles. The van der Waals surface area contributed by atoms with Gasteiger partial charge in [0, 0.05) is 17.1 Å². The van der Waals surface area contributed by atoms with Crippen molar-refractivity contribution in [2.45, 2.75) is 31.8 Å². The third-order valence-corrected chi connectivity index (χ3v) is 3.95. The van der Waals surface area contributed by atoms with Gasteiger partial charge in [0.1, 0.15) is 5.82 Å². The van der Waals surface area contributed by atoms with Gasteiger partial charge in [-0.05, 0) is 31.9 Å². The fourth-order valence-electron chi connectivity index (χ4n) is 2.56. The number of nitrogens with one attached hydrogen (secondary N) is 1. The van der Waals surface area contributed by atoms with Gasteiger partial charge in [-0.2, -0.15) is 0 Å². The molecule has 1 aromatic carbocycles. The first-order valence-electron chi connectivity index (χ1n) is 6.66. The van der Waals surface area contributed by atoms with E-state index in [-0.39, 0.29) is 29.3 Å². The van der Waals surface area contributed by atoms with Crippen molar-refractivity contribution in [1.29, 1.82) is 0 Å². The lowest BCUT2D eigenvalue weighted by Gasteiger charge is -2.26. The Bertz CT molecular complexity index is 478. The van der Waals surface area contributed by atoms with Gasteiger partial charge in [-0.25, -0.2) is 9.18 Å². The molecule has 1 aliphatic rings. The lowest BCUT2D eigenvalue weighted by molar-refractivity contribution is 0.155. The van der Waals surface area contributed by atoms with Crippen LogP contribution < -0.4 is 5.32 Å². The first-order valence-corrected chi connectivity index (χ1v) is 7.04. The molecule has 4 nitrogen and oxygen atoms in total. The number of likely N-dealkylation sites (tertiary alicyclic amines) is 1. The number of aliphatic hydroxyl groups excluding tert-OH is 1. The molecule has 2 rings (SSSR count). The zero-order valence-electron chi connectivity index (χ0n) is 11.3. The number of rotatable bonds is 3. The predicted octanol–water partition coefficient (Wildman–Crippen LogP) is 2.71. The zero-order valence-corrected chi connectivity index (χ0v) is 12.0. The maximum atomic E-state index is 13.8. The molecule has 0 spiro atoms. The lowest BCUT2D eigenvalue weighted by Crippen LogP contribution is -2.45. The Labute approximate surface area is 122 Å². The number of nitrogens with zero attached hydrogens (tertiary/aromatic N) is 1. The summed E-state index contributed by atoms with van der Waals surface area (Å²) >= 11 is 5.98. The molecule has 1 heterocycles. The molecule has 0 radical (unpaired) electrons. The number of aliphatic hydroxyl groups is 1. The second-order valence-corrected chi connectivity index (χ2v) is 5.39. The molecular weight excluding hydrogens is 283 g/mol. The molecule has 0 bridgehead atoms. The molecule has 2 amide bonds. The number of hydrogen-bond acceptors (Lipinski definition) is 2. The third-order valence-electron chi connectivity index (χ3n) is 3.62. The minimum Gasteiger partial charge on any atom is -0.394 e. The van der Waals surface area contributed by atoms with Gasteiger partial charge in [-0.15, -0.1) is 0 Å². The van der Waals surface area contributed by atoms with Gasteiger partial charge in [0.25, 0.3) is 0 Å². The van der Waals surface area contributed by atoms with Crippen molar-refractivity contribution in [3.63, 3.8) is 0 Å². The highest BCUT2D eigenvalue weighted by Crippen LogP contribution is 2.26. The Hall–Kier alpha value is -1.33. The van der Waals surface area contributed by atoms with Crippen molar-refractivity contribution in [3.05, 3.63) is 34.6 Å². The van der Waals surface area contributed by atoms with Crippen LogP contribution in [0.5, 0.6) is 0 Å². The third kappa shape index (κ3) is 3.04. The molecule has 1 saturated heterocycles. The van der Waals surface area contributed by atoms with Gasteiger partial charge in [0.2, 0.25) is 0 Å². The van der Waals surface area contributed by atoms with E-state index in [2.05, 4.69) is 5.32 Å². The Kier molecular flexibility index (Phi) is 4.83. The summed E-state index contributed by atoms with van der Waals surface area (Å²) in [5.41, 5.74) is 0.280. The van der Waals surface area contributed by atoms with E-state index in [1.165, 1.54) is 12.1 Å². The largest absolute Gasteiger partial charge is 0.394 e. The molecule has 1 unspecified atom stereocenters. The van der Waals surface area contributed by atoms with Crippen LogP contribution in [0.1, 0.15) is 31.4 Å². The molecule has 110 valence electrons. The van der Waals surface area contributed by atoms with Crippen molar-refractivity contribution in [2.75, 3.05) is 13.2 Å². The summed E-state index contributed by atoms with van der Waals surface area (Å²) in [6.45, 7) is 2.24. The van der Waals surface area contributed by atoms with Crippen LogP contribution in [0, 0.1) is 5.82 Å². The van der Waals surface area contributed by atoms with Gasteiger partial charge in [-0.1, -0.05) is 17.7 Å². The van der Waals surface area contributed by atoms with Crippen LogP contribution in [0.25, 0.3) is 0 Å². The molecule has 0 aliphatic carbocycles. The standard InChI is InChI=1S/C14H18ClFN2O2/c1-9(13-11(15)5-2-6-12(13)16)17-14(20)18-7-3-4-10(18)8-19/h2,5-6,9-10,19H,3-4,7-8H2,1H3,(H,17,20)/t9?,10-/m0/s1. The van der Waals surface area contributed by atoms with E-state index >= 15 is 0 Å². The van der Waals surface area contributed by atoms with E-state index in [9.17, 15) is 14.3 Å². The Morgan fingerprint density at radius 1 is 1.65 bits per heavy atom. The van der Waals surface area contributed by atoms with E-state index in [0.717, 1.165) is 12.8 Å². The number of carbonyl (C=O) groups is 1. The second kappa shape index (κ2) is 6.41. The molecule has 2 atom stereocenters. The summed E-state index contributed by atoms with van der Waals surface area (Å²) in [6.07, 6.45) is 1.66. The number of halogens is 2. The van der Waals surface area contributed by atoms with E-state index in [1.54, 1.807) is 17.9 Å². The van der Waals surface area contributed by atoms with Gasteiger partial charge >= 0.3 is 6.03 Å². The number of amides is 2. The quantitative estimate of drug-likeness (QED) is 0.902. The van der Waals surface area contributed by atoms with Crippen LogP contribution in [0.3, 0.4) is 0 Å². The number of hydrogen-bond donors (Lipinski definition) is 2. The SMILES string of the molecule is CC(NC(=O)N1CCC[C@H]1CO)c1c(F)cccc1Cl. The Morgan fingerprint density at radius 2 is 2.40 bits per heavy atom. The summed E-state index contributed by atoms with van der Waals surface area (Å²) in [5.74, 6) is -0.439. The number of benzene rings is 1. The minimum atomic E-state index is -0.531. The fraction of sp³-hybridized carbons (Fsp3) is 0.500. The smallest absolute Gasteiger partial charge is 0.318 e. The van der Waals surface area contributed by atoms with Crippen LogP contribution in [-0.2, 0) is 0 Å². The van der Waals surface area contributed by atoms with Crippen LogP contribution in [0.15, 0.2) is 18.2 Å². The topological polar surface area (TPSA) is 52.6 Å². The Balaban J connectivity index is 2.08. The van der Waals surface area contributed by atoms with Crippen LogP contribution in [0.2, 0.25) is 5.02 Å². The lowest BCUT2D eigenvalue weighted by atomic mass is 10.1. The van der Waals surface area contributed by atoms with E-state index < -0.39 is 11.9 Å². The highest BCUT2D eigenvalue weighted by molar-refractivity contribution is 6.31. The number of urea groups is 1. The van der Waals surface area contributed by atoms with Crippen molar-refractivity contribution in [1.82, 2.24) is 10.2 Å². The first kappa shape index (κ1) is 15.1. The minimum absolute atomic E-state index is 0.0533. The first-order chi connectivity index (χ1) is 9.54. The molecule has 1 fully saturated rings. The van der Waals surface area contributed by atoms with Gasteiger partial charge < -0.3 is 15.3 Å². The molecule has 0 aromatic heterocycles. The average Bonchev–Trinajstić information content (AvgIpc) is 2.86. The van der Waals surface area contributed by atoms with Crippen molar-refractivity contribution >= 4 is 17.6 Å². The van der Waals surface area contributed by atoms with Gasteiger partial charge in [-0.3, -0.25) is 0 Å². The average molecular weight is 301 g/mol. The second-order valence-electron chi connectivity index (χ2n) is 4.98. The maximum Gasteiger partial charge on any atom is 0.318 e. The molecule has 1 aromatic rings. The summed E-state index contributed by atoms with van der Waals surface area (Å²) in [7, 11) is 0. The molecule has 2 N–H and O–H groups in total. The van der Waals surface area contributed by atoms with Crippen LogP contribution in [-0.4, -0.2) is 35.2 Å². The molecular formula is C14H18ClFN2O2. The summed E-state index contributed by atoms with van der Waals surface area (Å²) in [5, 5.41) is 12.2. The number of carbonyl (C=O) groups excluding carboxylic acids is 1. The van der Waals surface area contributed by atoms with Gasteiger partial charge in [0.05, 0.1) is 18.7 Å². The summed E-state index contributed by atoms with van der Waals surface area (Å²) in [4.78, 5) is 13.7. The van der Waals surface area contributed by atoms with E-state index in [0.29, 0.717) is 6.54 Å².